The zero-order valence-electron chi connectivity index (χ0n) is 11.3. The Balaban J connectivity index is 1.63. The molecule has 0 unspecified atom stereocenters. The van der Waals surface area contributed by atoms with Gasteiger partial charge in [-0.25, -0.2) is 9.78 Å². The number of hydrogen-bond acceptors (Lipinski definition) is 6. The molecule has 22 heavy (non-hydrogen) atoms. The van der Waals surface area contributed by atoms with Crippen LogP contribution in [0, 0.1) is 0 Å². The van der Waals surface area contributed by atoms with Crippen LogP contribution in [-0.2, 0) is 9.63 Å². The summed E-state index contributed by atoms with van der Waals surface area (Å²) in [6.07, 6.45) is 1.50. The summed E-state index contributed by atoms with van der Waals surface area (Å²) in [5.74, 6) is -1.99. The molecule has 0 radical (unpaired) electrons. The van der Waals surface area contributed by atoms with E-state index in [0.29, 0.717) is 5.06 Å². The molecule has 0 saturated heterocycles. The average molecular weight is 298 g/mol. The first-order valence-electron chi connectivity index (χ1n) is 6.39. The van der Waals surface area contributed by atoms with Gasteiger partial charge in [-0.05, 0) is 18.2 Å². The number of nitrogens with zero attached hydrogens (tertiary/aromatic N) is 2. The zero-order valence-corrected chi connectivity index (χ0v) is 11.3. The molecule has 2 heterocycles. The van der Waals surface area contributed by atoms with Crippen LogP contribution in [-0.4, -0.2) is 34.4 Å². The average Bonchev–Trinajstić information content (AvgIpc) is 2.79. The third-order valence-corrected chi connectivity index (χ3v) is 2.93. The molecule has 1 aliphatic rings. The largest absolute Gasteiger partial charge is 0.466 e. The summed E-state index contributed by atoms with van der Waals surface area (Å²) in [5.41, 5.74) is 0.400. The molecule has 7 heteroatoms. The van der Waals surface area contributed by atoms with Crippen molar-refractivity contribution in [2.75, 3.05) is 6.61 Å². The van der Waals surface area contributed by atoms with Gasteiger partial charge in [0.1, 0.15) is 0 Å². The van der Waals surface area contributed by atoms with E-state index in [0.717, 1.165) is 0 Å². The Labute approximate surface area is 125 Å². The fourth-order valence-corrected chi connectivity index (χ4v) is 1.94. The molecule has 0 fully saturated rings. The first-order valence-corrected chi connectivity index (χ1v) is 6.39. The number of imide groups is 1. The van der Waals surface area contributed by atoms with Crippen molar-refractivity contribution in [2.24, 2.45) is 0 Å². The van der Waals surface area contributed by atoms with Gasteiger partial charge in [0.15, 0.2) is 6.61 Å². The van der Waals surface area contributed by atoms with E-state index in [1.165, 1.54) is 18.3 Å². The van der Waals surface area contributed by atoms with Gasteiger partial charge in [0.25, 0.3) is 11.8 Å². The summed E-state index contributed by atoms with van der Waals surface area (Å²) in [4.78, 5) is 44.3. The van der Waals surface area contributed by atoms with Crippen molar-refractivity contribution in [3.8, 4) is 5.88 Å². The Morgan fingerprint density at radius 3 is 2.23 bits per heavy atom. The number of aromatic nitrogens is 1. The van der Waals surface area contributed by atoms with E-state index in [2.05, 4.69) is 4.98 Å². The van der Waals surface area contributed by atoms with Crippen LogP contribution in [0.25, 0.3) is 0 Å². The topological polar surface area (TPSA) is 85.8 Å². The van der Waals surface area contributed by atoms with E-state index in [1.807, 2.05) is 0 Å². The summed E-state index contributed by atoms with van der Waals surface area (Å²) in [6.45, 7) is -0.468. The smallest absolute Gasteiger partial charge is 0.370 e. The van der Waals surface area contributed by atoms with Crippen molar-refractivity contribution < 1.29 is 24.0 Å². The second-order valence-corrected chi connectivity index (χ2v) is 4.37. The maximum atomic E-state index is 12.0. The summed E-state index contributed by atoms with van der Waals surface area (Å²) >= 11 is 0. The highest BCUT2D eigenvalue weighted by atomic mass is 16.7. The normalized spacial score (nSPS) is 13.0. The number of pyridine rings is 1. The molecule has 7 nitrogen and oxygen atoms in total. The van der Waals surface area contributed by atoms with Crippen molar-refractivity contribution in [1.29, 1.82) is 0 Å². The minimum absolute atomic E-state index is 0.200. The molecule has 0 N–H and O–H groups in total. The second-order valence-electron chi connectivity index (χ2n) is 4.37. The number of carbonyl (C=O) groups is 3. The van der Waals surface area contributed by atoms with Crippen molar-refractivity contribution >= 4 is 17.8 Å². The molecule has 1 aromatic heterocycles. The van der Waals surface area contributed by atoms with Crippen LogP contribution in [0.15, 0.2) is 48.7 Å². The van der Waals surface area contributed by atoms with Crippen LogP contribution in [0.4, 0.5) is 0 Å². The standard InChI is InChI=1S/C15H10N2O5/c18-13(9-21-12-7-3-4-8-16-12)22-17-14(19)10-5-1-2-6-11(10)15(17)20/h1-8H,9H2. The Hall–Kier alpha value is -3.22. The maximum Gasteiger partial charge on any atom is 0.370 e. The van der Waals surface area contributed by atoms with Gasteiger partial charge < -0.3 is 9.57 Å². The SMILES string of the molecule is O=C(COc1ccccn1)ON1C(=O)c2ccccc2C1=O. The highest BCUT2D eigenvalue weighted by Crippen LogP contribution is 2.22. The predicted octanol–water partition coefficient (Wildman–Crippen LogP) is 1.21. The number of benzene rings is 1. The van der Waals surface area contributed by atoms with Crippen molar-refractivity contribution in [1.82, 2.24) is 10.0 Å². The summed E-state index contributed by atoms with van der Waals surface area (Å²) in [7, 11) is 0. The third-order valence-electron chi connectivity index (χ3n) is 2.93. The Morgan fingerprint density at radius 1 is 1.00 bits per heavy atom. The number of fused-ring (bicyclic) bond motifs is 1. The minimum Gasteiger partial charge on any atom is -0.466 e. The van der Waals surface area contributed by atoms with Crippen molar-refractivity contribution in [3.63, 3.8) is 0 Å². The highest BCUT2D eigenvalue weighted by molar-refractivity contribution is 6.20. The maximum absolute atomic E-state index is 12.0. The fourth-order valence-electron chi connectivity index (χ4n) is 1.94. The number of amides is 2. The molecule has 110 valence electrons. The number of hydroxylamine groups is 2. The number of ether oxygens (including phenoxy) is 1. The number of rotatable bonds is 4. The van der Waals surface area contributed by atoms with Gasteiger partial charge >= 0.3 is 5.97 Å². The highest BCUT2D eigenvalue weighted by Gasteiger charge is 2.38. The van der Waals surface area contributed by atoms with E-state index in [1.54, 1.807) is 30.3 Å². The summed E-state index contributed by atoms with van der Waals surface area (Å²) < 4.78 is 5.09. The van der Waals surface area contributed by atoms with Gasteiger partial charge in [-0.1, -0.05) is 23.3 Å². The van der Waals surface area contributed by atoms with Crippen LogP contribution >= 0.6 is 0 Å². The van der Waals surface area contributed by atoms with Gasteiger partial charge in [-0.15, -0.1) is 0 Å². The molecule has 1 aromatic carbocycles. The molecule has 0 bridgehead atoms. The number of hydrogen-bond donors (Lipinski definition) is 0. The minimum atomic E-state index is -0.875. The van der Waals surface area contributed by atoms with Crippen LogP contribution in [0.5, 0.6) is 5.88 Å². The van der Waals surface area contributed by atoms with E-state index >= 15 is 0 Å². The van der Waals surface area contributed by atoms with Gasteiger partial charge in [-0.2, -0.15) is 0 Å². The first-order chi connectivity index (χ1) is 10.7. The van der Waals surface area contributed by atoms with Crippen molar-refractivity contribution in [2.45, 2.75) is 0 Å². The molecule has 0 atom stereocenters. The van der Waals surface area contributed by atoms with E-state index in [9.17, 15) is 14.4 Å². The van der Waals surface area contributed by atoms with Crippen LogP contribution in [0.1, 0.15) is 20.7 Å². The van der Waals surface area contributed by atoms with Crippen LogP contribution < -0.4 is 4.74 Å². The van der Waals surface area contributed by atoms with Gasteiger partial charge in [0.2, 0.25) is 5.88 Å². The Kier molecular flexibility index (Phi) is 3.53. The van der Waals surface area contributed by atoms with E-state index < -0.39 is 24.4 Å². The lowest BCUT2D eigenvalue weighted by Crippen LogP contribution is -2.34. The first kappa shape index (κ1) is 13.7. The molecule has 2 amide bonds. The fraction of sp³-hybridized carbons (Fsp3) is 0.0667. The van der Waals surface area contributed by atoms with Gasteiger partial charge in [0, 0.05) is 12.3 Å². The van der Waals surface area contributed by atoms with Gasteiger partial charge in [-0.3, -0.25) is 9.59 Å². The summed E-state index contributed by atoms with van der Waals surface area (Å²) in [6, 6.07) is 11.2. The monoisotopic (exact) mass is 298 g/mol. The Bertz CT molecular complexity index is 710. The molecule has 0 saturated carbocycles. The molecule has 3 rings (SSSR count). The molecule has 2 aromatic rings. The molecular weight excluding hydrogens is 288 g/mol. The Morgan fingerprint density at radius 2 is 1.64 bits per heavy atom. The van der Waals surface area contributed by atoms with Crippen LogP contribution in [0.3, 0.4) is 0 Å². The zero-order chi connectivity index (χ0) is 15.5. The lowest BCUT2D eigenvalue weighted by molar-refractivity contribution is -0.170. The van der Waals surface area contributed by atoms with E-state index in [4.69, 9.17) is 9.57 Å². The molecule has 1 aliphatic heterocycles. The second kappa shape index (κ2) is 5.65. The van der Waals surface area contributed by atoms with Crippen molar-refractivity contribution in [3.05, 3.63) is 59.8 Å². The quantitative estimate of drug-likeness (QED) is 0.789. The van der Waals surface area contributed by atoms with Crippen LogP contribution in [0.2, 0.25) is 0 Å². The molecule has 0 aliphatic carbocycles. The number of carbonyl (C=O) groups excluding carboxylic acids is 3. The van der Waals surface area contributed by atoms with Gasteiger partial charge in [0.05, 0.1) is 11.1 Å². The summed E-state index contributed by atoms with van der Waals surface area (Å²) in [5, 5.41) is 0.439. The molecular formula is C15H10N2O5. The molecule has 0 spiro atoms. The predicted molar refractivity (Wildman–Crippen MR) is 72.8 cm³/mol. The lowest BCUT2D eigenvalue weighted by atomic mass is 10.1. The van der Waals surface area contributed by atoms with E-state index in [-0.39, 0.29) is 17.0 Å². The lowest BCUT2D eigenvalue weighted by Gasteiger charge is -2.12. The third kappa shape index (κ3) is 2.51.